The molecule has 0 bridgehead atoms. The molecule has 18 heavy (non-hydrogen) atoms. The monoisotopic (exact) mass is 248 g/mol. The standard InChI is InChI=1S/C13H13FN2O2/c1-8-3-4-11(14)10(5-8)13(17)16-7-12-15-6-9(2)18-12/h3-6H,7H2,1-2H3,(H,16,17). The van der Waals surface area contributed by atoms with E-state index in [4.69, 9.17) is 4.42 Å². The highest BCUT2D eigenvalue weighted by molar-refractivity contribution is 5.94. The number of amides is 1. The third-order valence-corrected chi connectivity index (χ3v) is 2.44. The SMILES string of the molecule is Cc1ccc(F)c(C(=O)NCc2ncc(C)o2)c1. The molecular weight excluding hydrogens is 235 g/mol. The summed E-state index contributed by atoms with van der Waals surface area (Å²) in [7, 11) is 0. The molecule has 2 rings (SSSR count). The van der Waals surface area contributed by atoms with Crippen molar-refractivity contribution in [3.63, 3.8) is 0 Å². The van der Waals surface area contributed by atoms with E-state index >= 15 is 0 Å². The van der Waals surface area contributed by atoms with Crippen LogP contribution in [0.4, 0.5) is 4.39 Å². The fourth-order valence-electron chi connectivity index (χ4n) is 1.55. The van der Waals surface area contributed by atoms with Gasteiger partial charge in [0.25, 0.3) is 5.91 Å². The van der Waals surface area contributed by atoms with Gasteiger partial charge in [0.15, 0.2) is 0 Å². The maximum Gasteiger partial charge on any atom is 0.254 e. The van der Waals surface area contributed by atoms with E-state index in [0.717, 1.165) is 5.56 Å². The molecule has 0 fully saturated rings. The van der Waals surface area contributed by atoms with Gasteiger partial charge >= 0.3 is 0 Å². The van der Waals surface area contributed by atoms with Crippen LogP contribution >= 0.6 is 0 Å². The number of carbonyl (C=O) groups excluding carboxylic acids is 1. The van der Waals surface area contributed by atoms with E-state index in [-0.39, 0.29) is 12.1 Å². The summed E-state index contributed by atoms with van der Waals surface area (Å²) in [5.74, 6) is 0.0450. The van der Waals surface area contributed by atoms with Crippen LogP contribution < -0.4 is 5.32 Å². The van der Waals surface area contributed by atoms with Gasteiger partial charge in [0.05, 0.1) is 18.3 Å². The van der Waals surface area contributed by atoms with Crippen molar-refractivity contribution in [1.29, 1.82) is 0 Å². The third-order valence-electron chi connectivity index (χ3n) is 2.44. The molecule has 5 heteroatoms. The number of carbonyl (C=O) groups is 1. The van der Waals surface area contributed by atoms with Gasteiger partial charge in [-0.3, -0.25) is 4.79 Å². The number of oxazole rings is 1. The summed E-state index contributed by atoms with van der Waals surface area (Å²) in [6, 6.07) is 4.40. The lowest BCUT2D eigenvalue weighted by molar-refractivity contribution is 0.0943. The molecule has 1 N–H and O–H groups in total. The molecule has 0 aliphatic rings. The van der Waals surface area contributed by atoms with E-state index in [1.165, 1.54) is 12.1 Å². The number of aromatic nitrogens is 1. The molecule has 1 aromatic carbocycles. The van der Waals surface area contributed by atoms with Crippen molar-refractivity contribution in [2.75, 3.05) is 0 Å². The second kappa shape index (κ2) is 5.00. The largest absolute Gasteiger partial charge is 0.444 e. The number of halogens is 1. The summed E-state index contributed by atoms with van der Waals surface area (Å²) >= 11 is 0. The molecule has 0 aliphatic carbocycles. The minimum atomic E-state index is -0.540. The highest BCUT2D eigenvalue weighted by atomic mass is 19.1. The van der Waals surface area contributed by atoms with Gasteiger partial charge in [0, 0.05) is 0 Å². The predicted molar refractivity (Wildman–Crippen MR) is 63.5 cm³/mol. The topological polar surface area (TPSA) is 55.1 Å². The van der Waals surface area contributed by atoms with E-state index in [1.807, 2.05) is 0 Å². The zero-order valence-corrected chi connectivity index (χ0v) is 10.2. The van der Waals surface area contributed by atoms with E-state index in [1.54, 1.807) is 26.1 Å². The smallest absolute Gasteiger partial charge is 0.254 e. The molecule has 0 saturated heterocycles. The van der Waals surface area contributed by atoms with Crippen LogP contribution in [0.2, 0.25) is 0 Å². The second-order valence-electron chi connectivity index (χ2n) is 4.03. The third kappa shape index (κ3) is 2.74. The van der Waals surface area contributed by atoms with Crippen LogP contribution in [0.15, 0.2) is 28.8 Å². The average molecular weight is 248 g/mol. The van der Waals surface area contributed by atoms with Crippen LogP contribution in [0.3, 0.4) is 0 Å². The fourth-order valence-corrected chi connectivity index (χ4v) is 1.55. The zero-order chi connectivity index (χ0) is 13.1. The van der Waals surface area contributed by atoms with Crippen LogP contribution in [0.5, 0.6) is 0 Å². The number of nitrogens with one attached hydrogen (secondary N) is 1. The summed E-state index contributed by atoms with van der Waals surface area (Å²) in [6.45, 7) is 3.70. The minimum Gasteiger partial charge on any atom is -0.444 e. The van der Waals surface area contributed by atoms with Crippen LogP contribution in [-0.2, 0) is 6.54 Å². The lowest BCUT2D eigenvalue weighted by Gasteiger charge is -2.05. The number of aryl methyl sites for hydroxylation is 2. The first kappa shape index (κ1) is 12.3. The first-order valence-corrected chi connectivity index (χ1v) is 5.52. The summed E-state index contributed by atoms with van der Waals surface area (Å²) in [5.41, 5.74) is 0.854. The van der Waals surface area contributed by atoms with Crippen molar-refractivity contribution < 1.29 is 13.6 Å². The highest BCUT2D eigenvalue weighted by Crippen LogP contribution is 2.10. The van der Waals surface area contributed by atoms with E-state index in [2.05, 4.69) is 10.3 Å². The van der Waals surface area contributed by atoms with Gasteiger partial charge in [-0.05, 0) is 26.0 Å². The fraction of sp³-hybridized carbons (Fsp3) is 0.231. The molecule has 0 saturated carbocycles. The normalized spacial score (nSPS) is 10.4. The lowest BCUT2D eigenvalue weighted by atomic mass is 10.1. The van der Waals surface area contributed by atoms with E-state index < -0.39 is 11.7 Å². The van der Waals surface area contributed by atoms with Crippen molar-refractivity contribution in [2.45, 2.75) is 20.4 Å². The molecular formula is C13H13FN2O2. The maximum absolute atomic E-state index is 13.5. The van der Waals surface area contributed by atoms with Gasteiger partial charge in [-0.2, -0.15) is 0 Å². The molecule has 0 spiro atoms. The Morgan fingerprint density at radius 2 is 2.22 bits per heavy atom. The van der Waals surface area contributed by atoms with Gasteiger partial charge in [-0.15, -0.1) is 0 Å². The van der Waals surface area contributed by atoms with Crippen molar-refractivity contribution in [2.24, 2.45) is 0 Å². The lowest BCUT2D eigenvalue weighted by Crippen LogP contribution is -2.24. The molecule has 4 nitrogen and oxygen atoms in total. The molecule has 0 aliphatic heterocycles. The summed E-state index contributed by atoms with van der Waals surface area (Å²) in [6.07, 6.45) is 1.56. The summed E-state index contributed by atoms with van der Waals surface area (Å²) in [5, 5.41) is 2.56. The van der Waals surface area contributed by atoms with Crippen molar-refractivity contribution >= 4 is 5.91 Å². The Morgan fingerprint density at radius 3 is 2.89 bits per heavy atom. The Balaban J connectivity index is 2.05. The quantitative estimate of drug-likeness (QED) is 0.907. The molecule has 0 atom stereocenters. The molecule has 0 unspecified atom stereocenters. The zero-order valence-electron chi connectivity index (χ0n) is 10.2. The van der Waals surface area contributed by atoms with Gasteiger partial charge in [0.1, 0.15) is 11.6 Å². The molecule has 0 radical (unpaired) electrons. The van der Waals surface area contributed by atoms with E-state index in [9.17, 15) is 9.18 Å². The van der Waals surface area contributed by atoms with Crippen molar-refractivity contribution in [3.05, 3.63) is 53.0 Å². The Kier molecular flexibility index (Phi) is 3.41. The Labute approximate surface area is 104 Å². The van der Waals surface area contributed by atoms with Gasteiger partial charge in [0.2, 0.25) is 5.89 Å². The predicted octanol–water partition coefficient (Wildman–Crippen LogP) is 2.36. The average Bonchev–Trinajstić information content (AvgIpc) is 2.75. The molecule has 1 aromatic heterocycles. The van der Waals surface area contributed by atoms with Crippen LogP contribution in [0.1, 0.15) is 27.6 Å². The second-order valence-corrected chi connectivity index (χ2v) is 4.03. The molecule has 1 heterocycles. The molecule has 94 valence electrons. The van der Waals surface area contributed by atoms with Gasteiger partial charge in [-0.1, -0.05) is 11.6 Å². The van der Waals surface area contributed by atoms with Gasteiger partial charge in [-0.25, -0.2) is 9.37 Å². The van der Waals surface area contributed by atoms with Gasteiger partial charge < -0.3 is 9.73 Å². The number of rotatable bonds is 3. The first-order chi connectivity index (χ1) is 8.56. The number of hydrogen-bond acceptors (Lipinski definition) is 3. The Bertz CT molecular complexity index is 578. The Hall–Kier alpha value is -2.17. The van der Waals surface area contributed by atoms with Crippen molar-refractivity contribution in [3.8, 4) is 0 Å². The summed E-state index contributed by atoms with van der Waals surface area (Å²) < 4.78 is 18.7. The van der Waals surface area contributed by atoms with Crippen LogP contribution in [0.25, 0.3) is 0 Å². The maximum atomic E-state index is 13.5. The minimum absolute atomic E-state index is 0.0262. The number of nitrogens with zero attached hydrogens (tertiary/aromatic N) is 1. The van der Waals surface area contributed by atoms with Crippen molar-refractivity contribution in [1.82, 2.24) is 10.3 Å². The Morgan fingerprint density at radius 1 is 1.44 bits per heavy atom. The number of benzene rings is 1. The summed E-state index contributed by atoms with van der Waals surface area (Å²) in [4.78, 5) is 15.7. The van der Waals surface area contributed by atoms with Crippen LogP contribution in [-0.4, -0.2) is 10.9 Å². The molecule has 2 aromatic rings. The molecule has 1 amide bonds. The first-order valence-electron chi connectivity index (χ1n) is 5.52. The van der Waals surface area contributed by atoms with E-state index in [0.29, 0.717) is 11.7 Å². The van der Waals surface area contributed by atoms with Crippen LogP contribution in [0, 0.1) is 19.7 Å². The highest BCUT2D eigenvalue weighted by Gasteiger charge is 2.12. The number of hydrogen-bond donors (Lipinski definition) is 1.